The predicted octanol–water partition coefficient (Wildman–Crippen LogP) is 7.07. The van der Waals surface area contributed by atoms with E-state index >= 15 is 0 Å². The molecule has 0 aliphatic rings. The van der Waals surface area contributed by atoms with Gasteiger partial charge in [0.1, 0.15) is 11.5 Å². The molecule has 8 heteroatoms. The van der Waals surface area contributed by atoms with E-state index in [0.717, 1.165) is 12.1 Å². The highest BCUT2D eigenvalue weighted by Crippen LogP contribution is 2.32. The summed E-state index contributed by atoms with van der Waals surface area (Å²) in [5.41, 5.74) is 1.92. The quantitative estimate of drug-likeness (QED) is 0.322. The minimum Gasteiger partial charge on any atom is -0.406 e. The smallest absolute Gasteiger partial charge is 0.406 e. The van der Waals surface area contributed by atoms with Crippen LogP contribution in [0.3, 0.4) is 0 Å². The molecule has 0 spiro atoms. The van der Waals surface area contributed by atoms with Crippen LogP contribution >= 0.6 is 0 Å². The minimum atomic E-state index is -4.85. The lowest BCUT2D eigenvalue weighted by Crippen LogP contribution is -2.17. The standard InChI is InChI=1S/C22H14F6O2/c23-21(24,25)29-18-10-4-6-15(12-18)13-20(16-7-2-1-3-8-16)17-9-5-11-19(14-17)30-22(26,27)28/h1-14H. The Morgan fingerprint density at radius 2 is 1.13 bits per heavy atom. The number of ether oxygens (including phenoxy) is 2. The van der Waals surface area contributed by atoms with Gasteiger partial charge < -0.3 is 9.47 Å². The highest BCUT2D eigenvalue weighted by atomic mass is 19.4. The van der Waals surface area contributed by atoms with Gasteiger partial charge in [0, 0.05) is 0 Å². The van der Waals surface area contributed by atoms with Crippen molar-refractivity contribution in [2.45, 2.75) is 12.7 Å². The van der Waals surface area contributed by atoms with E-state index in [9.17, 15) is 26.3 Å². The Labute approximate surface area is 168 Å². The number of hydrogen-bond acceptors (Lipinski definition) is 2. The molecule has 0 saturated heterocycles. The van der Waals surface area contributed by atoms with E-state index < -0.39 is 24.2 Å². The normalized spacial score (nSPS) is 12.5. The minimum absolute atomic E-state index is 0.373. The number of rotatable bonds is 5. The first-order valence-electron chi connectivity index (χ1n) is 8.58. The summed E-state index contributed by atoms with van der Waals surface area (Å²) in [5.74, 6) is -0.811. The second kappa shape index (κ2) is 8.52. The molecular weight excluding hydrogens is 410 g/mol. The van der Waals surface area contributed by atoms with Crippen molar-refractivity contribution < 1.29 is 35.8 Å². The third kappa shape index (κ3) is 6.30. The van der Waals surface area contributed by atoms with Gasteiger partial charge in [-0.3, -0.25) is 0 Å². The third-order valence-electron chi connectivity index (χ3n) is 3.87. The zero-order chi connectivity index (χ0) is 21.8. The topological polar surface area (TPSA) is 18.5 Å². The van der Waals surface area contributed by atoms with Gasteiger partial charge in [-0.1, -0.05) is 54.6 Å². The maximum absolute atomic E-state index is 12.6. The Balaban J connectivity index is 2.05. The number of halogens is 6. The average molecular weight is 424 g/mol. The van der Waals surface area contributed by atoms with Crippen LogP contribution in [0.5, 0.6) is 11.5 Å². The van der Waals surface area contributed by atoms with E-state index in [1.807, 2.05) is 0 Å². The Hall–Kier alpha value is -3.42. The van der Waals surface area contributed by atoms with Crippen molar-refractivity contribution in [3.8, 4) is 11.5 Å². The van der Waals surface area contributed by atoms with Crippen LogP contribution in [0.2, 0.25) is 0 Å². The van der Waals surface area contributed by atoms with Gasteiger partial charge in [-0.25, -0.2) is 0 Å². The van der Waals surface area contributed by atoms with E-state index in [2.05, 4.69) is 9.47 Å². The van der Waals surface area contributed by atoms with Gasteiger partial charge in [0.2, 0.25) is 0 Å². The van der Waals surface area contributed by atoms with Gasteiger partial charge in [0.25, 0.3) is 0 Å². The van der Waals surface area contributed by atoms with Crippen LogP contribution in [0, 0.1) is 0 Å². The summed E-state index contributed by atoms with van der Waals surface area (Å²) in [5, 5.41) is 0. The maximum atomic E-state index is 12.6. The van der Waals surface area contributed by atoms with Crippen LogP contribution < -0.4 is 9.47 Å². The van der Waals surface area contributed by atoms with E-state index in [1.165, 1.54) is 24.3 Å². The summed E-state index contributed by atoms with van der Waals surface area (Å²) in [7, 11) is 0. The van der Waals surface area contributed by atoms with E-state index in [1.54, 1.807) is 48.5 Å². The number of alkyl halides is 6. The van der Waals surface area contributed by atoms with Crippen LogP contribution in [-0.4, -0.2) is 12.7 Å². The van der Waals surface area contributed by atoms with Crippen molar-refractivity contribution in [2.24, 2.45) is 0 Å². The van der Waals surface area contributed by atoms with Crippen molar-refractivity contribution in [2.75, 3.05) is 0 Å². The molecule has 156 valence electrons. The molecule has 0 aliphatic carbocycles. The Kier molecular flexibility index (Phi) is 6.05. The van der Waals surface area contributed by atoms with Gasteiger partial charge >= 0.3 is 12.7 Å². The molecule has 3 rings (SSSR count). The van der Waals surface area contributed by atoms with Crippen LogP contribution in [0.25, 0.3) is 11.6 Å². The fraction of sp³-hybridized carbons (Fsp3) is 0.0909. The second-order valence-electron chi connectivity index (χ2n) is 6.12. The molecule has 0 N–H and O–H groups in total. The molecule has 0 saturated carbocycles. The SMILES string of the molecule is FC(F)(F)Oc1cccc(C=C(c2ccccc2)c2cccc(OC(F)(F)F)c2)c1. The zero-order valence-corrected chi connectivity index (χ0v) is 15.2. The molecule has 3 aromatic carbocycles. The van der Waals surface area contributed by atoms with Gasteiger partial charge in [-0.05, 0) is 52.6 Å². The highest BCUT2D eigenvalue weighted by molar-refractivity contribution is 5.91. The Bertz CT molecular complexity index is 1020. The van der Waals surface area contributed by atoms with Crippen molar-refractivity contribution in [3.05, 3.63) is 95.6 Å². The van der Waals surface area contributed by atoms with E-state index in [-0.39, 0.29) is 0 Å². The number of benzene rings is 3. The van der Waals surface area contributed by atoms with Gasteiger partial charge in [-0.15, -0.1) is 26.3 Å². The van der Waals surface area contributed by atoms with Crippen molar-refractivity contribution >= 4 is 11.6 Å². The monoisotopic (exact) mass is 424 g/mol. The molecule has 3 aromatic rings. The van der Waals surface area contributed by atoms with Crippen LogP contribution in [-0.2, 0) is 0 Å². The van der Waals surface area contributed by atoms with E-state index in [0.29, 0.717) is 22.3 Å². The first-order valence-corrected chi connectivity index (χ1v) is 8.58. The van der Waals surface area contributed by atoms with Crippen molar-refractivity contribution in [1.29, 1.82) is 0 Å². The molecule has 0 atom stereocenters. The maximum Gasteiger partial charge on any atom is 0.573 e. The molecule has 0 heterocycles. The third-order valence-corrected chi connectivity index (χ3v) is 3.87. The van der Waals surface area contributed by atoms with Crippen LogP contribution in [0.4, 0.5) is 26.3 Å². The molecule has 2 nitrogen and oxygen atoms in total. The van der Waals surface area contributed by atoms with Crippen LogP contribution in [0.15, 0.2) is 78.9 Å². The average Bonchev–Trinajstić information content (AvgIpc) is 2.65. The van der Waals surface area contributed by atoms with Gasteiger partial charge in [-0.2, -0.15) is 0 Å². The van der Waals surface area contributed by atoms with E-state index in [4.69, 9.17) is 0 Å². The molecule has 0 aliphatic heterocycles. The summed E-state index contributed by atoms with van der Waals surface area (Å²) in [6, 6.07) is 19.4. The molecule has 0 unspecified atom stereocenters. The Morgan fingerprint density at radius 3 is 1.73 bits per heavy atom. The largest absolute Gasteiger partial charge is 0.573 e. The van der Waals surface area contributed by atoms with Gasteiger partial charge in [0.15, 0.2) is 0 Å². The molecule has 0 bridgehead atoms. The summed E-state index contributed by atoms with van der Waals surface area (Å²) in [4.78, 5) is 0. The fourth-order valence-corrected chi connectivity index (χ4v) is 2.78. The lowest BCUT2D eigenvalue weighted by atomic mass is 9.95. The molecule has 30 heavy (non-hydrogen) atoms. The summed E-state index contributed by atoms with van der Waals surface area (Å²) >= 11 is 0. The van der Waals surface area contributed by atoms with Gasteiger partial charge in [0.05, 0.1) is 0 Å². The first-order chi connectivity index (χ1) is 14.1. The molecule has 0 amide bonds. The highest BCUT2D eigenvalue weighted by Gasteiger charge is 2.31. The molecule has 0 radical (unpaired) electrons. The first kappa shape index (κ1) is 21.3. The zero-order valence-electron chi connectivity index (χ0n) is 15.2. The lowest BCUT2D eigenvalue weighted by Gasteiger charge is -2.13. The summed E-state index contributed by atoms with van der Waals surface area (Å²) in [6.45, 7) is 0. The lowest BCUT2D eigenvalue weighted by molar-refractivity contribution is -0.275. The molecule has 0 fully saturated rings. The summed E-state index contributed by atoms with van der Waals surface area (Å²) < 4.78 is 83.2. The predicted molar refractivity (Wildman–Crippen MR) is 99.7 cm³/mol. The fourth-order valence-electron chi connectivity index (χ4n) is 2.78. The van der Waals surface area contributed by atoms with Crippen molar-refractivity contribution in [1.82, 2.24) is 0 Å². The van der Waals surface area contributed by atoms with Crippen molar-refractivity contribution in [3.63, 3.8) is 0 Å². The summed E-state index contributed by atoms with van der Waals surface area (Å²) in [6.07, 6.45) is -8.13. The second-order valence-corrected chi connectivity index (χ2v) is 6.12. The number of hydrogen-bond donors (Lipinski definition) is 0. The molecular formula is C22H14F6O2. The molecule has 0 aromatic heterocycles. The Morgan fingerprint density at radius 1 is 0.600 bits per heavy atom. The van der Waals surface area contributed by atoms with Crippen LogP contribution in [0.1, 0.15) is 16.7 Å².